The fourth-order valence-electron chi connectivity index (χ4n) is 2.17. The van der Waals surface area contributed by atoms with Crippen LogP contribution in [0.3, 0.4) is 0 Å². The van der Waals surface area contributed by atoms with E-state index >= 15 is 0 Å². The van der Waals surface area contributed by atoms with Crippen molar-refractivity contribution in [2.75, 3.05) is 19.8 Å². The van der Waals surface area contributed by atoms with Crippen molar-refractivity contribution in [3.05, 3.63) is 11.4 Å². The molecule has 100 valence electrons. The largest absolute Gasteiger partial charge is 0.461 e. The zero-order valence-electron chi connectivity index (χ0n) is 11.0. The third-order valence-corrected chi connectivity index (χ3v) is 3.00. The Hall–Kier alpha value is -1.43. The van der Waals surface area contributed by atoms with Crippen LogP contribution in [0.1, 0.15) is 55.3 Å². The second-order valence-electron chi connectivity index (χ2n) is 4.66. The molecule has 2 heterocycles. The molecule has 1 aliphatic rings. The van der Waals surface area contributed by atoms with Crippen molar-refractivity contribution in [2.45, 2.75) is 39.2 Å². The van der Waals surface area contributed by atoms with Gasteiger partial charge in [0.2, 0.25) is 0 Å². The number of ether oxygens (including phenoxy) is 2. The fraction of sp³-hybridized carbons (Fsp3) is 0.750. The van der Waals surface area contributed by atoms with E-state index in [0.717, 1.165) is 18.7 Å². The molecule has 1 fully saturated rings. The van der Waals surface area contributed by atoms with Crippen molar-refractivity contribution in [1.82, 2.24) is 15.0 Å². The molecule has 0 N–H and O–H groups in total. The maximum atomic E-state index is 11.8. The SMILES string of the molecule is CCOC(=O)c1nnn(C2CCOC2)c1C(C)C. The van der Waals surface area contributed by atoms with Gasteiger partial charge in [0.1, 0.15) is 0 Å². The van der Waals surface area contributed by atoms with E-state index in [0.29, 0.717) is 18.9 Å². The molecule has 0 aromatic carbocycles. The summed E-state index contributed by atoms with van der Waals surface area (Å²) in [7, 11) is 0. The Labute approximate surface area is 106 Å². The minimum absolute atomic E-state index is 0.167. The van der Waals surface area contributed by atoms with Gasteiger partial charge in [-0.15, -0.1) is 5.10 Å². The van der Waals surface area contributed by atoms with E-state index in [4.69, 9.17) is 9.47 Å². The Morgan fingerprint density at radius 1 is 1.61 bits per heavy atom. The van der Waals surface area contributed by atoms with Gasteiger partial charge in [0.15, 0.2) is 5.69 Å². The highest BCUT2D eigenvalue weighted by Crippen LogP contribution is 2.26. The molecule has 1 aliphatic heterocycles. The fourth-order valence-corrected chi connectivity index (χ4v) is 2.17. The zero-order chi connectivity index (χ0) is 13.1. The number of aromatic nitrogens is 3. The zero-order valence-corrected chi connectivity index (χ0v) is 11.0. The maximum absolute atomic E-state index is 11.8. The van der Waals surface area contributed by atoms with Crippen LogP contribution < -0.4 is 0 Å². The van der Waals surface area contributed by atoms with Crippen LogP contribution in [0.2, 0.25) is 0 Å². The summed E-state index contributed by atoms with van der Waals surface area (Å²) >= 11 is 0. The average molecular weight is 253 g/mol. The second-order valence-corrected chi connectivity index (χ2v) is 4.66. The van der Waals surface area contributed by atoms with Crippen LogP contribution in [-0.4, -0.2) is 40.8 Å². The molecular formula is C12H19N3O3. The van der Waals surface area contributed by atoms with Gasteiger partial charge in [0.05, 0.1) is 24.9 Å². The smallest absolute Gasteiger partial charge is 0.360 e. The van der Waals surface area contributed by atoms with Gasteiger partial charge in [-0.2, -0.15) is 0 Å². The second kappa shape index (κ2) is 5.48. The van der Waals surface area contributed by atoms with Crippen LogP contribution in [0.25, 0.3) is 0 Å². The van der Waals surface area contributed by atoms with E-state index in [9.17, 15) is 4.79 Å². The number of hydrogen-bond donors (Lipinski definition) is 0. The van der Waals surface area contributed by atoms with E-state index < -0.39 is 5.97 Å². The molecule has 6 heteroatoms. The van der Waals surface area contributed by atoms with Gasteiger partial charge in [-0.3, -0.25) is 0 Å². The molecule has 1 saturated heterocycles. The van der Waals surface area contributed by atoms with Crippen LogP contribution >= 0.6 is 0 Å². The van der Waals surface area contributed by atoms with E-state index in [-0.39, 0.29) is 12.0 Å². The number of hydrogen-bond acceptors (Lipinski definition) is 5. The molecule has 0 bridgehead atoms. The highest BCUT2D eigenvalue weighted by atomic mass is 16.5. The van der Waals surface area contributed by atoms with Crippen LogP contribution in [0.5, 0.6) is 0 Å². The normalized spacial score (nSPS) is 19.4. The van der Waals surface area contributed by atoms with Gasteiger partial charge in [0, 0.05) is 6.61 Å². The minimum atomic E-state index is -0.397. The lowest BCUT2D eigenvalue weighted by atomic mass is 10.1. The van der Waals surface area contributed by atoms with Gasteiger partial charge in [0.25, 0.3) is 0 Å². The number of carbonyl (C=O) groups is 1. The molecule has 2 rings (SSSR count). The van der Waals surface area contributed by atoms with Crippen LogP contribution in [0, 0.1) is 0 Å². The van der Waals surface area contributed by atoms with Crippen molar-refractivity contribution in [3.63, 3.8) is 0 Å². The quantitative estimate of drug-likeness (QED) is 0.761. The molecule has 1 unspecified atom stereocenters. The Bertz CT molecular complexity index is 422. The molecule has 0 saturated carbocycles. The summed E-state index contributed by atoms with van der Waals surface area (Å²) in [6.45, 7) is 7.53. The van der Waals surface area contributed by atoms with Gasteiger partial charge < -0.3 is 9.47 Å². The maximum Gasteiger partial charge on any atom is 0.360 e. The highest BCUT2D eigenvalue weighted by Gasteiger charge is 2.28. The molecule has 0 radical (unpaired) electrons. The molecule has 1 aromatic heterocycles. The van der Waals surface area contributed by atoms with Crippen LogP contribution in [0.4, 0.5) is 0 Å². The number of nitrogens with zero attached hydrogens (tertiary/aromatic N) is 3. The molecule has 1 atom stereocenters. The summed E-state index contributed by atoms with van der Waals surface area (Å²) in [4.78, 5) is 11.8. The van der Waals surface area contributed by atoms with E-state index in [1.807, 2.05) is 18.5 Å². The van der Waals surface area contributed by atoms with Crippen LogP contribution in [0.15, 0.2) is 0 Å². The first-order valence-corrected chi connectivity index (χ1v) is 6.35. The van der Waals surface area contributed by atoms with E-state index in [1.165, 1.54) is 0 Å². The molecule has 18 heavy (non-hydrogen) atoms. The first-order valence-electron chi connectivity index (χ1n) is 6.35. The molecule has 6 nitrogen and oxygen atoms in total. The first kappa shape index (κ1) is 13.0. The monoisotopic (exact) mass is 253 g/mol. The van der Waals surface area contributed by atoms with Gasteiger partial charge in [-0.05, 0) is 19.3 Å². The lowest BCUT2D eigenvalue weighted by molar-refractivity contribution is 0.0517. The number of rotatable bonds is 4. The Kier molecular flexibility index (Phi) is 3.96. The summed E-state index contributed by atoms with van der Waals surface area (Å²) in [5, 5.41) is 8.09. The van der Waals surface area contributed by atoms with Crippen molar-refractivity contribution in [1.29, 1.82) is 0 Å². The van der Waals surface area contributed by atoms with E-state index in [2.05, 4.69) is 10.3 Å². The molecule has 0 aliphatic carbocycles. The van der Waals surface area contributed by atoms with Crippen LogP contribution in [-0.2, 0) is 9.47 Å². The Balaban J connectivity index is 2.33. The van der Waals surface area contributed by atoms with Crippen molar-refractivity contribution in [3.8, 4) is 0 Å². The Morgan fingerprint density at radius 3 is 2.94 bits per heavy atom. The average Bonchev–Trinajstić information content (AvgIpc) is 2.97. The summed E-state index contributed by atoms with van der Waals surface area (Å²) in [5.41, 5.74) is 1.17. The lowest BCUT2D eigenvalue weighted by Gasteiger charge is -2.14. The Morgan fingerprint density at radius 2 is 2.39 bits per heavy atom. The van der Waals surface area contributed by atoms with Crippen molar-refractivity contribution >= 4 is 5.97 Å². The predicted octanol–water partition coefficient (Wildman–Crippen LogP) is 1.54. The van der Waals surface area contributed by atoms with Crippen molar-refractivity contribution in [2.24, 2.45) is 0 Å². The highest BCUT2D eigenvalue weighted by molar-refractivity contribution is 5.88. The minimum Gasteiger partial charge on any atom is -0.461 e. The first-order chi connectivity index (χ1) is 8.65. The third-order valence-electron chi connectivity index (χ3n) is 3.00. The number of esters is 1. The van der Waals surface area contributed by atoms with E-state index in [1.54, 1.807) is 6.92 Å². The van der Waals surface area contributed by atoms with Gasteiger partial charge in [-0.1, -0.05) is 19.1 Å². The summed E-state index contributed by atoms with van der Waals surface area (Å²) in [6, 6.07) is 0.179. The molecule has 0 spiro atoms. The van der Waals surface area contributed by atoms with Gasteiger partial charge >= 0.3 is 5.97 Å². The summed E-state index contributed by atoms with van der Waals surface area (Å²) in [5.74, 6) is -0.230. The lowest BCUT2D eigenvalue weighted by Crippen LogP contribution is -2.16. The predicted molar refractivity (Wildman–Crippen MR) is 64.5 cm³/mol. The molecule has 0 amide bonds. The standard InChI is InChI=1S/C12H19N3O3/c1-4-18-12(16)10-11(8(2)3)15(14-13-10)9-5-6-17-7-9/h8-9H,4-7H2,1-3H3. The van der Waals surface area contributed by atoms with Crippen molar-refractivity contribution < 1.29 is 14.3 Å². The summed E-state index contributed by atoms with van der Waals surface area (Å²) < 4.78 is 12.2. The topological polar surface area (TPSA) is 66.2 Å². The third kappa shape index (κ3) is 2.38. The molecule has 1 aromatic rings. The molecular weight excluding hydrogens is 234 g/mol. The summed E-state index contributed by atoms with van der Waals surface area (Å²) in [6.07, 6.45) is 0.908. The van der Waals surface area contributed by atoms with Gasteiger partial charge in [-0.25, -0.2) is 9.48 Å². The number of carbonyl (C=O) groups excluding carboxylic acids is 1.